The number of hydrogen-bond acceptors (Lipinski definition) is 6. The van der Waals surface area contributed by atoms with Gasteiger partial charge in [0.1, 0.15) is 11.3 Å². The molecule has 20 heavy (non-hydrogen) atoms. The van der Waals surface area contributed by atoms with Crippen LogP contribution in [-0.2, 0) is 9.53 Å². The highest BCUT2D eigenvalue weighted by atomic mass is 35.5. The average Bonchev–Trinajstić information content (AvgIpc) is 2.38. The van der Waals surface area contributed by atoms with E-state index in [1.54, 1.807) is 6.92 Å². The highest BCUT2D eigenvalue weighted by molar-refractivity contribution is 6.32. The summed E-state index contributed by atoms with van der Waals surface area (Å²) in [5, 5.41) is 28.2. The molecular formula is C12H14ClNO6. The SMILES string of the molecule is CCOC(=O)CC(O)C(O)c1cnc(Cl)c(C(=O)O)c1. The fourth-order valence-electron chi connectivity index (χ4n) is 1.50. The quantitative estimate of drug-likeness (QED) is 0.525. The number of aromatic carboxylic acids is 1. The van der Waals surface area contributed by atoms with E-state index in [9.17, 15) is 19.8 Å². The minimum Gasteiger partial charge on any atom is -0.478 e. The van der Waals surface area contributed by atoms with Gasteiger partial charge in [0, 0.05) is 11.8 Å². The van der Waals surface area contributed by atoms with Crippen LogP contribution in [0, 0.1) is 0 Å². The zero-order valence-corrected chi connectivity index (χ0v) is 11.4. The summed E-state index contributed by atoms with van der Waals surface area (Å²) in [5.41, 5.74) is -0.254. The van der Waals surface area contributed by atoms with E-state index in [-0.39, 0.29) is 22.9 Å². The summed E-state index contributed by atoms with van der Waals surface area (Å²) in [7, 11) is 0. The molecule has 0 aliphatic carbocycles. The van der Waals surface area contributed by atoms with Crippen LogP contribution >= 0.6 is 11.6 Å². The molecule has 2 atom stereocenters. The Morgan fingerprint density at radius 2 is 2.10 bits per heavy atom. The van der Waals surface area contributed by atoms with E-state index >= 15 is 0 Å². The van der Waals surface area contributed by atoms with Gasteiger partial charge in [-0.2, -0.15) is 0 Å². The van der Waals surface area contributed by atoms with E-state index in [1.807, 2.05) is 0 Å². The lowest BCUT2D eigenvalue weighted by Crippen LogP contribution is -2.23. The van der Waals surface area contributed by atoms with Gasteiger partial charge in [-0.25, -0.2) is 9.78 Å². The lowest BCUT2D eigenvalue weighted by atomic mass is 10.0. The molecular weight excluding hydrogens is 290 g/mol. The first-order chi connectivity index (χ1) is 9.36. The second kappa shape index (κ2) is 7.18. The van der Waals surface area contributed by atoms with Gasteiger partial charge in [-0.1, -0.05) is 11.6 Å². The Kier molecular flexibility index (Phi) is 5.87. The van der Waals surface area contributed by atoms with Crippen molar-refractivity contribution in [1.29, 1.82) is 0 Å². The van der Waals surface area contributed by atoms with Gasteiger partial charge in [-0.05, 0) is 13.0 Å². The summed E-state index contributed by atoms with van der Waals surface area (Å²) < 4.78 is 4.64. The van der Waals surface area contributed by atoms with E-state index in [0.29, 0.717) is 0 Å². The van der Waals surface area contributed by atoms with Crippen molar-refractivity contribution >= 4 is 23.5 Å². The van der Waals surface area contributed by atoms with Gasteiger partial charge in [-0.3, -0.25) is 4.79 Å². The molecule has 1 rings (SSSR count). The number of aliphatic hydroxyl groups is 2. The summed E-state index contributed by atoms with van der Waals surface area (Å²) in [4.78, 5) is 25.7. The molecule has 0 bridgehead atoms. The maximum absolute atomic E-state index is 11.2. The number of nitrogens with zero attached hydrogens (tertiary/aromatic N) is 1. The lowest BCUT2D eigenvalue weighted by molar-refractivity contribution is -0.147. The van der Waals surface area contributed by atoms with Crippen molar-refractivity contribution in [2.45, 2.75) is 25.6 Å². The van der Waals surface area contributed by atoms with Crippen LogP contribution in [0.3, 0.4) is 0 Å². The summed E-state index contributed by atoms with van der Waals surface area (Å²) in [6.07, 6.45) is -2.19. The Balaban J connectivity index is 2.86. The number of carbonyl (C=O) groups is 2. The van der Waals surface area contributed by atoms with Crippen LogP contribution in [-0.4, -0.2) is 45.0 Å². The van der Waals surface area contributed by atoms with Gasteiger partial charge in [0.05, 0.1) is 24.7 Å². The topological polar surface area (TPSA) is 117 Å². The number of aromatic nitrogens is 1. The number of carboxylic acids is 1. The number of hydrogen-bond donors (Lipinski definition) is 3. The maximum Gasteiger partial charge on any atom is 0.338 e. The largest absolute Gasteiger partial charge is 0.478 e. The van der Waals surface area contributed by atoms with E-state index < -0.39 is 30.6 Å². The van der Waals surface area contributed by atoms with Gasteiger partial charge < -0.3 is 20.1 Å². The van der Waals surface area contributed by atoms with Crippen LogP contribution in [0.4, 0.5) is 0 Å². The standard InChI is InChI=1S/C12H14ClNO6/c1-2-20-9(16)4-8(15)10(17)6-3-7(12(18)19)11(13)14-5-6/h3,5,8,10,15,17H,2,4H2,1H3,(H,18,19). The van der Waals surface area contributed by atoms with E-state index in [4.69, 9.17) is 16.7 Å². The fraction of sp³-hybridized carbons (Fsp3) is 0.417. The Morgan fingerprint density at radius 1 is 1.45 bits per heavy atom. The van der Waals surface area contributed by atoms with Gasteiger partial charge in [0.25, 0.3) is 0 Å². The molecule has 0 aromatic carbocycles. The second-order valence-corrected chi connectivity index (χ2v) is 4.29. The molecule has 0 amide bonds. The molecule has 1 aromatic rings. The van der Waals surface area contributed by atoms with Crippen LogP contribution in [0.25, 0.3) is 0 Å². The molecule has 1 aromatic heterocycles. The number of pyridine rings is 1. The first-order valence-corrected chi connectivity index (χ1v) is 6.15. The van der Waals surface area contributed by atoms with Crippen molar-refractivity contribution in [2.24, 2.45) is 0 Å². The Morgan fingerprint density at radius 3 is 2.65 bits per heavy atom. The molecule has 110 valence electrons. The maximum atomic E-state index is 11.2. The summed E-state index contributed by atoms with van der Waals surface area (Å²) in [6, 6.07) is 1.09. The number of ether oxygens (including phenoxy) is 1. The molecule has 0 aliphatic heterocycles. The van der Waals surface area contributed by atoms with Gasteiger partial charge in [0.2, 0.25) is 0 Å². The van der Waals surface area contributed by atoms with Crippen LogP contribution < -0.4 is 0 Å². The van der Waals surface area contributed by atoms with Gasteiger partial charge in [-0.15, -0.1) is 0 Å². The van der Waals surface area contributed by atoms with E-state index in [1.165, 1.54) is 0 Å². The van der Waals surface area contributed by atoms with Gasteiger partial charge >= 0.3 is 11.9 Å². The highest BCUT2D eigenvalue weighted by Crippen LogP contribution is 2.22. The number of carboxylic acid groups (broad SMARTS) is 1. The van der Waals surface area contributed by atoms with Crippen molar-refractivity contribution in [3.05, 3.63) is 28.5 Å². The van der Waals surface area contributed by atoms with Crippen LogP contribution in [0.15, 0.2) is 12.3 Å². The molecule has 0 radical (unpaired) electrons. The van der Waals surface area contributed by atoms with Crippen molar-refractivity contribution in [2.75, 3.05) is 6.61 Å². The first kappa shape index (κ1) is 16.4. The molecule has 0 aliphatic rings. The smallest absolute Gasteiger partial charge is 0.338 e. The summed E-state index contributed by atoms with van der Waals surface area (Å²) in [5.74, 6) is -1.98. The zero-order chi connectivity index (χ0) is 15.3. The Bertz CT molecular complexity index is 507. The molecule has 0 fully saturated rings. The third-order valence-electron chi connectivity index (χ3n) is 2.48. The predicted octanol–water partition coefficient (Wildman–Crippen LogP) is 0.781. The Labute approximate surface area is 119 Å². The van der Waals surface area contributed by atoms with Crippen molar-refractivity contribution in [1.82, 2.24) is 4.98 Å². The minimum absolute atomic E-state index is 0.0450. The third kappa shape index (κ3) is 4.16. The zero-order valence-electron chi connectivity index (χ0n) is 10.6. The molecule has 8 heteroatoms. The molecule has 3 N–H and O–H groups in total. The van der Waals surface area contributed by atoms with Crippen molar-refractivity contribution in [3.63, 3.8) is 0 Å². The number of carbonyl (C=O) groups excluding carboxylic acids is 1. The van der Waals surface area contributed by atoms with E-state index in [2.05, 4.69) is 9.72 Å². The monoisotopic (exact) mass is 303 g/mol. The van der Waals surface area contributed by atoms with Crippen LogP contribution in [0.1, 0.15) is 35.4 Å². The molecule has 1 heterocycles. The fourth-order valence-corrected chi connectivity index (χ4v) is 1.68. The number of aliphatic hydroxyl groups excluding tert-OH is 2. The number of halogens is 1. The summed E-state index contributed by atoms with van der Waals surface area (Å²) >= 11 is 5.59. The Hall–Kier alpha value is -1.70. The van der Waals surface area contributed by atoms with Crippen LogP contribution in [0.2, 0.25) is 5.15 Å². The van der Waals surface area contributed by atoms with Crippen molar-refractivity contribution in [3.8, 4) is 0 Å². The molecule has 7 nitrogen and oxygen atoms in total. The van der Waals surface area contributed by atoms with Crippen molar-refractivity contribution < 1.29 is 29.6 Å². The highest BCUT2D eigenvalue weighted by Gasteiger charge is 2.24. The average molecular weight is 304 g/mol. The predicted molar refractivity (Wildman–Crippen MR) is 68.4 cm³/mol. The molecule has 2 unspecified atom stereocenters. The summed E-state index contributed by atoms with van der Waals surface area (Å²) in [6.45, 7) is 1.77. The normalized spacial score (nSPS) is 13.6. The second-order valence-electron chi connectivity index (χ2n) is 3.93. The van der Waals surface area contributed by atoms with Crippen LogP contribution in [0.5, 0.6) is 0 Å². The minimum atomic E-state index is -1.47. The third-order valence-corrected chi connectivity index (χ3v) is 2.78. The molecule has 0 saturated carbocycles. The van der Waals surface area contributed by atoms with E-state index in [0.717, 1.165) is 12.3 Å². The number of esters is 1. The number of rotatable bonds is 6. The molecule has 0 saturated heterocycles. The lowest BCUT2D eigenvalue weighted by Gasteiger charge is -2.17. The first-order valence-electron chi connectivity index (χ1n) is 5.77. The van der Waals surface area contributed by atoms with Gasteiger partial charge in [0.15, 0.2) is 0 Å². The molecule has 0 spiro atoms.